The van der Waals surface area contributed by atoms with Gasteiger partial charge in [-0.15, -0.1) is 0 Å². The van der Waals surface area contributed by atoms with Crippen LogP contribution in [-0.4, -0.2) is 55.4 Å². The number of aliphatic hydroxyl groups excluding tert-OH is 1. The van der Waals surface area contributed by atoms with Crippen molar-refractivity contribution in [2.24, 2.45) is 0 Å². The first kappa shape index (κ1) is 23.3. The molecule has 0 fully saturated rings. The van der Waals surface area contributed by atoms with E-state index in [1.165, 1.54) is 11.1 Å². The Morgan fingerprint density at radius 1 is 0.871 bits per heavy atom. The smallest absolute Gasteiger partial charge is 0.161 e. The zero-order chi connectivity index (χ0) is 22.1. The molecule has 0 aliphatic rings. The van der Waals surface area contributed by atoms with Crippen LogP contribution in [-0.2, 0) is 19.6 Å². The molecule has 0 saturated carbocycles. The van der Waals surface area contributed by atoms with Gasteiger partial charge in [-0.25, -0.2) is 0 Å². The number of methoxy groups -OCH3 is 1. The molecule has 31 heavy (non-hydrogen) atoms. The zero-order valence-corrected chi connectivity index (χ0v) is 19.3. The van der Waals surface area contributed by atoms with Gasteiger partial charge < -0.3 is 14.6 Å². The van der Waals surface area contributed by atoms with Gasteiger partial charge >= 0.3 is 0 Å². The van der Waals surface area contributed by atoms with Gasteiger partial charge in [-0.2, -0.15) is 11.3 Å². The van der Waals surface area contributed by atoms with Crippen LogP contribution in [0, 0.1) is 0 Å². The van der Waals surface area contributed by atoms with Crippen LogP contribution in [0.4, 0.5) is 0 Å². The number of likely N-dealkylation sites (N-methyl/N-ethyl adjacent to an activating group) is 1. The maximum atomic E-state index is 10.5. The number of thiophene rings is 1. The van der Waals surface area contributed by atoms with Crippen molar-refractivity contribution in [3.05, 3.63) is 82.0 Å². The van der Waals surface area contributed by atoms with Crippen LogP contribution in [0.15, 0.2) is 65.4 Å². The molecule has 3 rings (SSSR count). The van der Waals surface area contributed by atoms with Crippen LogP contribution < -0.4 is 9.47 Å². The van der Waals surface area contributed by atoms with E-state index in [9.17, 15) is 5.11 Å². The second-order valence-electron chi connectivity index (χ2n) is 7.94. The quantitative estimate of drug-likeness (QED) is 0.456. The number of hydrogen-bond donors (Lipinski definition) is 1. The lowest BCUT2D eigenvalue weighted by Crippen LogP contribution is -2.32. The van der Waals surface area contributed by atoms with E-state index >= 15 is 0 Å². The Kier molecular flexibility index (Phi) is 8.91. The van der Waals surface area contributed by atoms with Crippen molar-refractivity contribution >= 4 is 11.3 Å². The molecule has 0 radical (unpaired) electrons. The molecule has 3 aromatic rings. The van der Waals surface area contributed by atoms with Gasteiger partial charge in [0.2, 0.25) is 0 Å². The van der Waals surface area contributed by atoms with E-state index < -0.39 is 6.10 Å². The molecular weight excluding hydrogens is 408 g/mol. The summed E-state index contributed by atoms with van der Waals surface area (Å²) in [6, 6.07) is 18.4. The minimum atomic E-state index is -0.594. The highest BCUT2D eigenvalue weighted by atomic mass is 32.1. The Bertz CT molecular complexity index is 902. The molecular formula is C25H32N2O3S. The van der Waals surface area contributed by atoms with Crippen molar-refractivity contribution in [3.63, 3.8) is 0 Å². The Morgan fingerprint density at radius 3 is 2.32 bits per heavy atom. The molecule has 5 nitrogen and oxygen atoms in total. The first-order valence-corrected chi connectivity index (χ1v) is 11.4. The van der Waals surface area contributed by atoms with Crippen molar-refractivity contribution in [1.82, 2.24) is 9.80 Å². The molecule has 166 valence electrons. The average Bonchev–Trinajstić information content (AvgIpc) is 3.26. The summed E-state index contributed by atoms with van der Waals surface area (Å²) < 4.78 is 11.4. The number of hydrogen-bond acceptors (Lipinski definition) is 6. The molecule has 1 atom stereocenters. The molecule has 0 saturated heterocycles. The van der Waals surface area contributed by atoms with Gasteiger partial charge in [0, 0.05) is 26.2 Å². The second kappa shape index (κ2) is 11.9. The fourth-order valence-electron chi connectivity index (χ4n) is 3.55. The molecule has 6 heteroatoms. The lowest BCUT2D eigenvalue weighted by molar-refractivity contribution is 0.0732. The summed E-state index contributed by atoms with van der Waals surface area (Å²) in [4.78, 5) is 4.36. The monoisotopic (exact) mass is 440 g/mol. The molecule has 0 unspecified atom stereocenters. The highest BCUT2D eigenvalue weighted by molar-refractivity contribution is 7.07. The van der Waals surface area contributed by atoms with Crippen LogP contribution in [0.1, 0.15) is 16.7 Å². The van der Waals surface area contributed by atoms with Gasteiger partial charge in [0.25, 0.3) is 0 Å². The van der Waals surface area contributed by atoms with Crippen LogP contribution in [0.25, 0.3) is 0 Å². The normalized spacial score (nSPS) is 12.3. The third-order valence-electron chi connectivity index (χ3n) is 4.96. The van der Waals surface area contributed by atoms with Crippen molar-refractivity contribution in [2.45, 2.75) is 25.7 Å². The Hall–Kier alpha value is -2.38. The van der Waals surface area contributed by atoms with Crippen LogP contribution in [0.2, 0.25) is 0 Å². The molecule has 0 aliphatic carbocycles. The SMILES string of the molecule is COc1ccc(CN(C)Cc2ccsc2)cc1OC[C@H](O)CN(C)Cc1ccccc1. The number of aliphatic hydroxyl groups is 1. The van der Waals surface area contributed by atoms with E-state index in [-0.39, 0.29) is 6.61 Å². The fourth-order valence-corrected chi connectivity index (χ4v) is 4.21. The van der Waals surface area contributed by atoms with Crippen molar-refractivity contribution < 1.29 is 14.6 Å². The van der Waals surface area contributed by atoms with Crippen LogP contribution >= 0.6 is 11.3 Å². The molecule has 0 amide bonds. The summed E-state index contributed by atoms with van der Waals surface area (Å²) in [5.74, 6) is 1.34. The minimum absolute atomic E-state index is 0.212. The van der Waals surface area contributed by atoms with E-state index in [4.69, 9.17) is 9.47 Å². The Morgan fingerprint density at radius 2 is 1.61 bits per heavy atom. The van der Waals surface area contributed by atoms with Gasteiger partial charge in [0.1, 0.15) is 12.7 Å². The summed E-state index contributed by atoms with van der Waals surface area (Å²) in [7, 11) is 5.74. The van der Waals surface area contributed by atoms with Crippen LogP contribution in [0.5, 0.6) is 11.5 Å². The highest BCUT2D eigenvalue weighted by Crippen LogP contribution is 2.29. The highest BCUT2D eigenvalue weighted by Gasteiger charge is 2.13. The third kappa shape index (κ3) is 7.67. The van der Waals surface area contributed by atoms with E-state index in [1.54, 1.807) is 18.4 Å². The van der Waals surface area contributed by atoms with E-state index in [0.717, 1.165) is 25.2 Å². The van der Waals surface area contributed by atoms with E-state index in [2.05, 4.69) is 51.9 Å². The lowest BCUT2D eigenvalue weighted by atomic mass is 10.2. The van der Waals surface area contributed by atoms with Crippen LogP contribution in [0.3, 0.4) is 0 Å². The standard InChI is InChI=1S/C25H32N2O3S/c1-26(16-22-11-12-31-19-22)15-21-9-10-24(29-3)25(13-21)30-18-23(28)17-27(2)14-20-7-5-4-6-8-20/h4-13,19,23,28H,14-18H2,1-3H3/t23-/m1/s1. The number of ether oxygens (including phenoxy) is 2. The predicted octanol–water partition coefficient (Wildman–Crippen LogP) is 4.26. The molecule has 1 heterocycles. The van der Waals surface area contributed by atoms with Crippen molar-refractivity contribution in [1.29, 1.82) is 0 Å². The Labute approximate surface area is 189 Å². The Balaban J connectivity index is 1.52. The van der Waals surface area contributed by atoms with E-state index in [1.807, 2.05) is 37.4 Å². The first-order chi connectivity index (χ1) is 15.0. The van der Waals surface area contributed by atoms with Gasteiger partial charge in [0.15, 0.2) is 11.5 Å². The van der Waals surface area contributed by atoms with E-state index in [0.29, 0.717) is 18.0 Å². The minimum Gasteiger partial charge on any atom is -0.493 e. The van der Waals surface area contributed by atoms with Crippen molar-refractivity contribution in [3.8, 4) is 11.5 Å². The second-order valence-corrected chi connectivity index (χ2v) is 8.72. The largest absolute Gasteiger partial charge is 0.493 e. The number of rotatable bonds is 12. The maximum absolute atomic E-state index is 10.5. The van der Waals surface area contributed by atoms with Gasteiger partial charge in [-0.1, -0.05) is 36.4 Å². The summed E-state index contributed by atoms with van der Waals surface area (Å²) >= 11 is 1.72. The average molecular weight is 441 g/mol. The molecule has 1 aromatic heterocycles. The topological polar surface area (TPSA) is 45.2 Å². The molecule has 0 aliphatic heterocycles. The molecule has 0 spiro atoms. The fraction of sp³-hybridized carbons (Fsp3) is 0.360. The van der Waals surface area contributed by atoms with Crippen molar-refractivity contribution in [2.75, 3.05) is 34.4 Å². The number of benzene rings is 2. The molecule has 2 aromatic carbocycles. The third-order valence-corrected chi connectivity index (χ3v) is 5.69. The molecule has 0 bridgehead atoms. The number of nitrogens with zero attached hydrogens (tertiary/aromatic N) is 2. The summed E-state index contributed by atoms with van der Waals surface area (Å²) in [5, 5.41) is 14.7. The lowest BCUT2D eigenvalue weighted by Gasteiger charge is -2.22. The molecule has 1 N–H and O–H groups in total. The van der Waals surface area contributed by atoms with Gasteiger partial charge in [-0.05, 0) is 59.7 Å². The summed E-state index contributed by atoms with van der Waals surface area (Å²) in [5.41, 5.74) is 3.68. The van der Waals surface area contributed by atoms with Gasteiger partial charge in [0.05, 0.1) is 7.11 Å². The first-order valence-electron chi connectivity index (χ1n) is 10.4. The predicted molar refractivity (Wildman–Crippen MR) is 127 cm³/mol. The zero-order valence-electron chi connectivity index (χ0n) is 18.5. The van der Waals surface area contributed by atoms with Gasteiger partial charge in [-0.3, -0.25) is 9.80 Å². The maximum Gasteiger partial charge on any atom is 0.161 e. The summed E-state index contributed by atoms with van der Waals surface area (Å²) in [6.07, 6.45) is -0.594. The summed E-state index contributed by atoms with van der Waals surface area (Å²) in [6.45, 7) is 3.23.